The molecule has 12 heteroatoms. The van der Waals surface area contributed by atoms with Crippen molar-refractivity contribution in [2.24, 2.45) is 5.73 Å². The second-order valence-corrected chi connectivity index (χ2v) is 11.0. The lowest BCUT2D eigenvalue weighted by atomic mass is 9.74. The molecule has 2 amide bonds. The van der Waals surface area contributed by atoms with Gasteiger partial charge in [0.05, 0.1) is 33.7 Å². The van der Waals surface area contributed by atoms with Gasteiger partial charge in [-0.2, -0.15) is 0 Å². The average molecular weight is 636 g/mol. The predicted molar refractivity (Wildman–Crippen MR) is 160 cm³/mol. The second-order valence-electron chi connectivity index (χ2n) is 10.1. The highest BCUT2D eigenvalue weighted by molar-refractivity contribution is 9.10. The van der Waals surface area contributed by atoms with Gasteiger partial charge in [0.1, 0.15) is 11.5 Å². The minimum absolute atomic E-state index is 0.0101. The van der Waals surface area contributed by atoms with Crippen molar-refractivity contribution in [2.45, 2.75) is 37.8 Å². The Hall–Kier alpha value is -4.58. The normalized spacial score (nSPS) is 17.9. The first-order valence-corrected chi connectivity index (χ1v) is 14.0. The molecule has 3 atom stereocenters. The number of benzene rings is 3. The fourth-order valence-corrected chi connectivity index (χ4v) is 6.56. The summed E-state index contributed by atoms with van der Waals surface area (Å²) in [6.07, 6.45) is 0.893. The maximum absolute atomic E-state index is 15.2. The number of nitro groups is 1. The van der Waals surface area contributed by atoms with Crippen LogP contribution in [0.5, 0.6) is 0 Å². The SMILES string of the molecule is CCC1c2ccccc2C[C@@H](Nc2c(C(=O)NC)cc(Br)cc2[N+](=O)[O-])[C@H]1n1c(=O)cc(C(N)=O)c2c(F)cccc21. The number of nitro benzene ring substituents is 1. The van der Waals surface area contributed by atoms with Gasteiger partial charge in [0.2, 0.25) is 5.91 Å². The number of fused-ring (bicyclic) bond motifs is 2. The third kappa shape index (κ3) is 4.91. The van der Waals surface area contributed by atoms with Crippen LogP contribution in [0, 0.1) is 15.9 Å². The molecule has 1 heterocycles. The Labute approximate surface area is 248 Å². The summed E-state index contributed by atoms with van der Waals surface area (Å²) in [5, 5.41) is 17.9. The van der Waals surface area contributed by atoms with E-state index < -0.39 is 40.2 Å². The fourth-order valence-electron chi connectivity index (χ4n) is 6.11. The number of anilines is 1. The number of carbonyl (C=O) groups is 2. The van der Waals surface area contributed by atoms with Crippen LogP contribution in [-0.2, 0) is 6.42 Å². The standard InChI is InChI=1S/C30H27BrFN5O5/c1-3-17-18-8-5-4-7-15(18)11-22(35-27-20(30(40)34-2)12-16(31)13-24(27)37(41)42)28(17)36-23-10-6-9-21(32)26(23)19(29(33)39)14-25(36)38/h4-10,12-14,17,22,28,35H,3,11H2,1-2H3,(H2,33,39)(H,34,40)/t17?,22-,28+/m1/s1. The molecule has 0 saturated heterocycles. The van der Waals surface area contributed by atoms with Gasteiger partial charge < -0.3 is 20.9 Å². The van der Waals surface area contributed by atoms with Crippen molar-refractivity contribution in [3.63, 3.8) is 0 Å². The molecule has 0 fully saturated rings. The minimum atomic E-state index is -0.939. The number of primary amides is 1. The summed E-state index contributed by atoms with van der Waals surface area (Å²) in [5.41, 5.74) is 6.54. The van der Waals surface area contributed by atoms with Crippen molar-refractivity contribution in [1.82, 2.24) is 9.88 Å². The average Bonchev–Trinajstić information content (AvgIpc) is 2.96. The molecule has 1 aliphatic carbocycles. The topological polar surface area (TPSA) is 149 Å². The number of nitrogens with zero attached hydrogens (tertiary/aromatic N) is 2. The van der Waals surface area contributed by atoms with E-state index in [9.17, 15) is 24.5 Å². The van der Waals surface area contributed by atoms with Crippen molar-refractivity contribution >= 4 is 50.0 Å². The molecule has 216 valence electrons. The molecule has 0 spiro atoms. The number of amides is 2. The van der Waals surface area contributed by atoms with Crippen LogP contribution in [0.25, 0.3) is 10.9 Å². The van der Waals surface area contributed by atoms with Gasteiger partial charge in [-0.3, -0.25) is 24.5 Å². The lowest BCUT2D eigenvalue weighted by Gasteiger charge is -2.42. The molecule has 5 rings (SSSR count). The Morgan fingerprint density at radius 2 is 1.88 bits per heavy atom. The van der Waals surface area contributed by atoms with E-state index in [0.29, 0.717) is 17.3 Å². The number of aromatic nitrogens is 1. The Kier molecular flexibility index (Phi) is 7.83. The number of rotatable bonds is 7. The first-order chi connectivity index (χ1) is 20.1. The van der Waals surface area contributed by atoms with Crippen molar-refractivity contribution < 1.29 is 18.9 Å². The third-order valence-electron chi connectivity index (χ3n) is 7.83. The van der Waals surface area contributed by atoms with Crippen LogP contribution in [0.2, 0.25) is 0 Å². The van der Waals surface area contributed by atoms with Crippen LogP contribution in [-0.4, -0.2) is 34.4 Å². The number of pyridine rings is 1. The Balaban J connectivity index is 1.82. The molecule has 10 nitrogen and oxygen atoms in total. The monoisotopic (exact) mass is 635 g/mol. The molecule has 1 aliphatic rings. The van der Waals surface area contributed by atoms with Crippen LogP contribution in [0.3, 0.4) is 0 Å². The molecular formula is C30H27BrFN5O5. The van der Waals surface area contributed by atoms with Crippen LogP contribution < -0.4 is 21.9 Å². The summed E-state index contributed by atoms with van der Waals surface area (Å²) < 4.78 is 17.0. The van der Waals surface area contributed by atoms with E-state index >= 15 is 4.39 Å². The summed E-state index contributed by atoms with van der Waals surface area (Å²) in [6.45, 7) is 1.96. The lowest BCUT2D eigenvalue weighted by Crippen LogP contribution is -2.45. The van der Waals surface area contributed by atoms with Crippen LogP contribution in [0.4, 0.5) is 15.8 Å². The molecule has 4 aromatic rings. The van der Waals surface area contributed by atoms with E-state index in [1.54, 1.807) is 6.07 Å². The molecule has 1 aromatic heterocycles. The van der Waals surface area contributed by atoms with Crippen LogP contribution >= 0.6 is 15.9 Å². The first kappa shape index (κ1) is 28.9. The van der Waals surface area contributed by atoms with Crippen molar-refractivity contribution in [2.75, 3.05) is 12.4 Å². The lowest BCUT2D eigenvalue weighted by molar-refractivity contribution is -0.384. The Bertz CT molecular complexity index is 1820. The number of halogens is 2. The number of hydrogen-bond donors (Lipinski definition) is 3. The fraction of sp³-hybridized carbons (Fsp3) is 0.233. The van der Waals surface area contributed by atoms with Gasteiger partial charge in [0.15, 0.2) is 0 Å². The number of nitrogens with one attached hydrogen (secondary N) is 2. The molecule has 4 N–H and O–H groups in total. The number of hydrogen-bond acceptors (Lipinski definition) is 6. The quantitative estimate of drug-likeness (QED) is 0.191. The predicted octanol–water partition coefficient (Wildman–Crippen LogP) is 5.04. The summed E-state index contributed by atoms with van der Waals surface area (Å²) in [7, 11) is 1.42. The van der Waals surface area contributed by atoms with Gasteiger partial charge >= 0.3 is 0 Å². The van der Waals surface area contributed by atoms with Gasteiger partial charge in [-0.25, -0.2) is 4.39 Å². The second kappa shape index (κ2) is 11.4. The summed E-state index contributed by atoms with van der Waals surface area (Å²) >= 11 is 3.26. The van der Waals surface area contributed by atoms with E-state index in [1.165, 1.54) is 35.9 Å². The van der Waals surface area contributed by atoms with Crippen LogP contribution in [0.1, 0.15) is 57.1 Å². The first-order valence-electron chi connectivity index (χ1n) is 13.2. The van der Waals surface area contributed by atoms with Gasteiger partial charge in [-0.1, -0.05) is 53.2 Å². The van der Waals surface area contributed by atoms with Crippen LogP contribution in [0.15, 0.2) is 69.9 Å². The highest BCUT2D eigenvalue weighted by atomic mass is 79.9. The Morgan fingerprint density at radius 3 is 2.55 bits per heavy atom. The molecule has 0 aliphatic heterocycles. The third-order valence-corrected chi connectivity index (χ3v) is 8.29. The van der Waals surface area contributed by atoms with Gasteiger partial charge in [0.25, 0.3) is 17.2 Å². The molecule has 0 bridgehead atoms. The zero-order valence-corrected chi connectivity index (χ0v) is 24.3. The number of carbonyl (C=O) groups excluding carboxylic acids is 2. The zero-order chi connectivity index (χ0) is 30.3. The van der Waals surface area contributed by atoms with Gasteiger partial charge in [-0.15, -0.1) is 0 Å². The largest absolute Gasteiger partial charge is 0.374 e. The highest BCUT2D eigenvalue weighted by Crippen LogP contribution is 2.45. The minimum Gasteiger partial charge on any atom is -0.374 e. The van der Waals surface area contributed by atoms with Gasteiger partial charge in [0, 0.05) is 35.0 Å². The Morgan fingerprint density at radius 1 is 1.14 bits per heavy atom. The molecule has 0 saturated carbocycles. The van der Waals surface area contributed by atoms with Crippen molar-refractivity contribution in [1.29, 1.82) is 0 Å². The van der Waals surface area contributed by atoms with E-state index in [2.05, 4.69) is 26.6 Å². The van der Waals surface area contributed by atoms with E-state index in [0.717, 1.165) is 17.2 Å². The zero-order valence-electron chi connectivity index (χ0n) is 22.7. The molecule has 3 aromatic carbocycles. The van der Waals surface area contributed by atoms with E-state index in [4.69, 9.17) is 5.73 Å². The molecular weight excluding hydrogens is 609 g/mol. The van der Waals surface area contributed by atoms with Crippen molar-refractivity contribution in [3.8, 4) is 0 Å². The van der Waals surface area contributed by atoms with E-state index in [-0.39, 0.29) is 39.3 Å². The number of nitrogens with two attached hydrogens (primary N) is 1. The summed E-state index contributed by atoms with van der Waals surface area (Å²) in [4.78, 5) is 50.6. The van der Waals surface area contributed by atoms with Gasteiger partial charge in [-0.05, 0) is 42.2 Å². The molecule has 1 unspecified atom stereocenters. The van der Waals surface area contributed by atoms with E-state index in [1.807, 2.05) is 31.2 Å². The summed E-state index contributed by atoms with van der Waals surface area (Å²) in [6, 6.07) is 14.3. The highest BCUT2D eigenvalue weighted by Gasteiger charge is 2.40. The van der Waals surface area contributed by atoms with Crippen molar-refractivity contribution in [3.05, 3.63) is 114 Å². The maximum Gasteiger partial charge on any atom is 0.294 e. The summed E-state index contributed by atoms with van der Waals surface area (Å²) in [5.74, 6) is -2.49. The smallest absolute Gasteiger partial charge is 0.294 e. The molecule has 0 radical (unpaired) electrons. The molecule has 42 heavy (non-hydrogen) atoms. The maximum atomic E-state index is 15.2.